The molecule has 0 atom stereocenters. The molecule has 0 unspecified atom stereocenters. The summed E-state index contributed by atoms with van der Waals surface area (Å²) in [5.74, 6) is 2.59. The smallest absolute Gasteiger partial charge is 0.253 e. The molecule has 0 saturated carbocycles. The molecular weight excluding hydrogens is 717 g/mol. The van der Waals surface area contributed by atoms with Gasteiger partial charge in [0, 0.05) is 63.5 Å². The van der Waals surface area contributed by atoms with Crippen molar-refractivity contribution in [1.82, 2.24) is 19.6 Å². The number of thioether (sulfide) groups is 2. The molecule has 54 heavy (non-hydrogen) atoms. The van der Waals surface area contributed by atoms with E-state index in [1.54, 1.807) is 44.9 Å². The molecule has 0 aliphatic carbocycles. The summed E-state index contributed by atoms with van der Waals surface area (Å²) < 4.78 is 16.9. The van der Waals surface area contributed by atoms with Crippen LogP contribution < -0.4 is 14.2 Å². The third-order valence-electron chi connectivity index (χ3n) is 10.5. The number of benzene rings is 4. The summed E-state index contributed by atoms with van der Waals surface area (Å²) in [6.45, 7) is 10.6. The summed E-state index contributed by atoms with van der Waals surface area (Å²) in [5.41, 5.74) is 6.76. The number of hydrogen-bond acceptors (Lipinski definition) is 9. The van der Waals surface area contributed by atoms with Crippen LogP contribution in [-0.2, 0) is 0 Å². The number of aryl methyl sites for hydroxylation is 1. The minimum atomic E-state index is 0.0779. The Kier molecular flexibility index (Phi) is 13.5. The zero-order valence-electron chi connectivity index (χ0n) is 32.4. The second-order valence-electron chi connectivity index (χ2n) is 13.7. The number of hydrogen-bond donors (Lipinski definition) is 0. The number of ether oxygens (including phenoxy) is 3. The van der Waals surface area contributed by atoms with E-state index in [1.807, 2.05) is 76.7 Å². The van der Waals surface area contributed by atoms with Crippen molar-refractivity contribution in [3.8, 4) is 39.5 Å². The van der Waals surface area contributed by atoms with E-state index < -0.39 is 0 Å². The highest BCUT2D eigenvalue weighted by Gasteiger charge is 2.25. The first kappa shape index (κ1) is 39.5. The Morgan fingerprint density at radius 1 is 0.537 bits per heavy atom. The zero-order valence-corrected chi connectivity index (χ0v) is 34.0. The van der Waals surface area contributed by atoms with Gasteiger partial charge in [-0.1, -0.05) is 30.3 Å². The van der Waals surface area contributed by atoms with Gasteiger partial charge in [-0.25, -0.2) is 0 Å². The van der Waals surface area contributed by atoms with Crippen LogP contribution in [0.15, 0.2) is 82.6 Å². The van der Waals surface area contributed by atoms with Crippen LogP contribution in [0.2, 0.25) is 0 Å². The molecule has 0 radical (unpaired) electrons. The summed E-state index contributed by atoms with van der Waals surface area (Å²) >= 11 is 3.28. The van der Waals surface area contributed by atoms with Gasteiger partial charge in [0.25, 0.3) is 11.8 Å². The zero-order chi connectivity index (χ0) is 38.2. The highest BCUT2D eigenvalue weighted by atomic mass is 32.2. The Balaban J connectivity index is 0.916. The van der Waals surface area contributed by atoms with Crippen molar-refractivity contribution in [1.29, 1.82) is 0 Å². The third-order valence-corrected chi connectivity index (χ3v) is 12.3. The maximum absolute atomic E-state index is 13.4. The average Bonchev–Trinajstić information content (AvgIpc) is 3.22. The standard InChI is InChI=1S/C43H52N4O5S2/c1-30-26-35(27-37(50-2)40(30)53-5)31-8-12-33(13-9-31)42(48)46-22-18-44(19-23-46)16-7-17-45-20-24-47(25-21-45)43(49)34-14-10-32(11-15-34)36-28-38(51-3)41(54-6)39(29-36)52-4/h8-15,26-29H,7,16-25H2,1-6H3. The fourth-order valence-corrected chi connectivity index (χ4v) is 8.82. The Morgan fingerprint density at radius 2 is 0.907 bits per heavy atom. The lowest BCUT2D eigenvalue weighted by Crippen LogP contribution is -2.50. The minimum absolute atomic E-state index is 0.0779. The number of methoxy groups -OCH3 is 3. The van der Waals surface area contributed by atoms with Gasteiger partial charge in [0.2, 0.25) is 0 Å². The number of piperazine rings is 2. The molecule has 286 valence electrons. The van der Waals surface area contributed by atoms with Gasteiger partial charge in [-0.2, -0.15) is 0 Å². The largest absolute Gasteiger partial charge is 0.496 e. The molecule has 9 nitrogen and oxygen atoms in total. The summed E-state index contributed by atoms with van der Waals surface area (Å²) in [6.07, 6.45) is 5.13. The van der Waals surface area contributed by atoms with Gasteiger partial charge in [-0.15, -0.1) is 23.5 Å². The molecule has 2 aliphatic rings. The van der Waals surface area contributed by atoms with Gasteiger partial charge in [0.1, 0.15) is 17.2 Å². The van der Waals surface area contributed by atoms with E-state index in [-0.39, 0.29) is 11.8 Å². The highest BCUT2D eigenvalue weighted by Crippen LogP contribution is 2.41. The first-order valence-corrected chi connectivity index (χ1v) is 21.0. The van der Waals surface area contributed by atoms with E-state index in [4.69, 9.17) is 14.2 Å². The fraction of sp³-hybridized carbons (Fsp3) is 0.395. The van der Waals surface area contributed by atoms with Crippen molar-refractivity contribution in [2.45, 2.75) is 23.1 Å². The lowest BCUT2D eigenvalue weighted by atomic mass is 10.0. The highest BCUT2D eigenvalue weighted by molar-refractivity contribution is 7.99. The number of rotatable bonds is 13. The van der Waals surface area contributed by atoms with Gasteiger partial charge in [-0.3, -0.25) is 19.4 Å². The molecule has 4 aromatic carbocycles. The predicted molar refractivity (Wildman–Crippen MR) is 221 cm³/mol. The van der Waals surface area contributed by atoms with Gasteiger partial charge in [-0.05, 0) is 109 Å². The summed E-state index contributed by atoms with van der Waals surface area (Å²) in [5, 5.41) is 0. The summed E-state index contributed by atoms with van der Waals surface area (Å²) in [6, 6.07) is 24.1. The van der Waals surface area contributed by atoms with Crippen LogP contribution in [0.3, 0.4) is 0 Å². The monoisotopic (exact) mass is 768 g/mol. The predicted octanol–water partition coefficient (Wildman–Crippen LogP) is 7.40. The summed E-state index contributed by atoms with van der Waals surface area (Å²) in [7, 11) is 5.04. The minimum Gasteiger partial charge on any atom is -0.496 e. The SMILES string of the molecule is COc1cc(-c2ccc(C(=O)N3CCN(CCCN4CCN(C(=O)c5ccc(-c6cc(OC)c(SC)c(OC)c6)cc5)CC4)CC3)cc2)cc(C)c1SC. The van der Waals surface area contributed by atoms with Crippen LogP contribution in [0.4, 0.5) is 0 Å². The second-order valence-corrected chi connectivity index (χ2v) is 15.4. The molecule has 0 spiro atoms. The molecule has 0 bridgehead atoms. The Labute approximate surface area is 328 Å². The topological polar surface area (TPSA) is 74.8 Å². The second kappa shape index (κ2) is 18.4. The van der Waals surface area contributed by atoms with Crippen molar-refractivity contribution in [3.63, 3.8) is 0 Å². The first-order valence-electron chi connectivity index (χ1n) is 18.5. The van der Waals surface area contributed by atoms with Gasteiger partial charge in [0.05, 0.1) is 31.1 Å². The average molecular weight is 769 g/mol. The van der Waals surface area contributed by atoms with E-state index in [9.17, 15) is 9.59 Å². The van der Waals surface area contributed by atoms with Crippen molar-refractivity contribution in [2.24, 2.45) is 0 Å². The van der Waals surface area contributed by atoms with Crippen LogP contribution in [0.25, 0.3) is 22.3 Å². The van der Waals surface area contributed by atoms with Crippen LogP contribution in [0.5, 0.6) is 17.2 Å². The van der Waals surface area contributed by atoms with Crippen LogP contribution >= 0.6 is 23.5 Å². The van der Waals surface area contributed by atoms with E-state index in [2.05, 4.69) is 35.1 Å². The van der Waals surface area contributed by atoms with Crippen molar-refractivity contribution >= 4 is 35.3 Å². The van der Waals surface area contributed by atoms with Gasteiger partial charge < -0.3 is 24.0 Å². The Bertz CT molecular complexity index is 1880. The number of amides is 2. The van der Waals surface area contributed by atoms with Crippen molar-refractivity contribution in [3.05, 3.63) is 89.5 Å². The van der Waals surface area contributed by atoms with E-state index in [0.29, 0.717) is 5.56 Å². The molecule has 2 heterocycles. The molecule has 2 aliphatic heterocycles. The quantitative estimate of drug-likeness (QED) is 0.129. The normalized spacial score (nSPS) is 15.3. The molecule has 0 N–H and O–H groups in total. The number of carbonyl (C=O) groups excluding carboxylic acids is 2. The van der Waals surface area contributed by atoms with E-state index in [0.717, 1.165) is 127 Å². The van der Waals surface area contributed by atoms with E-state index in [1.165, 1.54) is 5.56 Å². The molecule has 2 saturated heterocycles. The van der Waals surface area contributed by atoms with Crippen molar-refractivity contribution < 1.29 is 23.8 Å². The molecule has 2 fully saturated rings. The molecule has 2 amide bonds. The number of nitrogens with zero attached hydrogens (tertiary/aromatic N) is 4. The van der Waals surface area contributed by atoms with Gasteiger partial charge >= 0.3 is 0 Å². The third kappa shape index (κ3) is 9.03. The molecule has 6 rings (SSSR count). The molecule has 0 aromatic heterocycles. The lowest BCUT2D eigenvalue weighted by molar-refractivity contribution is 0.0606. The number of carbonyl (C=O) groups is 2. The summed E-state index contributed by atoms with van der Waals surface area (Å²) in [4.78, 5) is 37.7. The first-order chi connectivity index (χ1) is 26.3. The molecule has 4 aromatic rings. The Morgan fingerprint density at radius 3 is 1.28 bits per heavy atom. The maximum atomic E-state index is 13.4. The van der Waals surface area contributed by atoms with Crippen LogP contribution in [-0.4, -0.2) is 131 Å². The fourth-order valence-electron chi connectivity index (χ4n) is 7.41. The van der Waals surface area contributed by atoms with Gasteiger partial charge in [0.15, 0.2) is 0 Å². The van der Waals surface area contributed by atoms with Crippen molar-refractivity contribution in [2.75, 3.05) is 99.3 Å². The van der Waals surface area contributed by atoms with Crippen LogP contribution in [0, 0.1) is 6.92 Å². The Hall–Kier alpha value is -4.16. The molecule has 11 heteroatoms. The lowest BCUT2D eigenvalue weighted by Gasteiger charge is -2.37. The molecular formula is C43H52N4O5S2. The van der Waals surface area contributed by atoms with Crippen LogP contribution in [0.1, 0.15) is 32.7 Å². The maximum Gasteiger partial charge on any atom is 0.253 e. The van der Waals surface area contributed by atoms with E-state index >= 15 is 0 Å².